The number of H-pyrrole nitrogens is 2. The van der Waals surface area contributed by atoms with E-state index in [1.54, 1.807) is 20.3 Å². The summed E-state index contributed by atoms with van der Waals surface area (Å²) in [6.07, 6.45) is 2.59. The molecule has 0 amide bonds. The molecule has 0 spiro atoms. The first-order chi connectivity index (χ1) is 12.8. The number of hydrogen-bond acceptors (Lipinski definition) is 6. The van der Waals surface area contributed by atoms with Crippen LogP contribution in [0.3, 0.4) is 0 Å². The second-order valence-electron chi connectivity index (χ2n) is 5.42. The molecule has 0 aliphatic carbocycles. The molecule has 0 bridgehead atoms. The van der Waals surface area contributed by atoms with Gasteiger partial charge in [-0.15, -0.1) is 0 Å². The van der Waals surface area contributed by atoms with Crippen LogP contribution in [0.5, 0.6) is 0 Å². The molecule has 27 heavy (non-hydrogen) atoms. The van der Waals surface area contributed by atoms with E-state index in [4.69, 9.17) is 0 Å². The Kier molecular flexibility index (Phi) is 7.06. The molecule has 2 aromatic heterocycles. The molecule has 2 aliphatic rings. The molecule has 144 valence electrons. The second kappa shape index (κ2) is 8.89. The number of aromatic amines is 2. The number of fused-ring (bicyclic) bond motifs is 2. The molecule has 2 N–H and O–H groups in total. The summed E-state index contributed by atoms with van der Waals surface area (Å²) in [5, 5.41) is 0. The summed E-state index contributed by atoms with van der Waals surface area (Å²) >= 11 is 8.69. The van der Waals surface area contributed by atoms with E-state index in [0.29, 0.717) is 40.2 Å². The molecular formula is C14H13Br3N6O4. The minimum absolute atomic E-state index is 0.328. The molecule has 4 rings (SSSR count). The van der Waals surface area contributed by atoms with Crippen LogP contribution in [0.4, 0.5) is 11.6 Å². The van der Waals surface area contributed by atoms with Gasteiger partial charge in [0.2, 0.25) is 0 Å². The highest BCUT2D eigenvalue weighted by molar-refractivity contribution is 9.93. The topological polar surface area (TPSA) is 134 Å². The zero-order chi connectivity index (χ0) is 20.3. The van der Waals surface area contributed by atoms with Crippen molar-refractivity contribution in [1.82, 2.24) is 19.1 Å². The van der Waals surface area contributed by atoms with Crippen LogP contribution < -0.4 is 22.5 Å². The first-order valence-corrected chi connectivity index (χ1v) is 11.8. The van der Waals surface area contributed by atoms with Crippen LogP contribution in [-0.4, -0.2) is 29.9 Å². The van der Waals surface area contributed by atoms with Crippen LogP contribution in [0.1, 0.15) is 11.1 Å². The highest BCUT2D eigenvalue weighted by Crippen LogP contribution is 2.22. The largest absolute Gasteiger partial charge is 0.329 e. The maximum Gasteiger partial charge on any atom is 0.329 e. The average Bonchev–Trinajstić information content (AvgIpc) is 3.28. The van der Waals surface area contributed by atoms with Crippen LogP contribution in [0.25, 0.3) is 0 Å². The minimum atomic E-state index is -0.435. The van der Waals surface area contributed by atoms with E-state index in [2.05, 4.69) is 64.1 Å². The van der Waals surface area contributed by atoms with Crippen molar-refractivity contribution in [3.63, 3.8) is 0 Å². The maximum absolute atomic E-state index is 11.3. The fourth-order valence-electron chi connectivity index (χ4n) is 2.49. The number of nitrogens with one attached hydrogen (secondary N) is 2. The van der Waals surface area contributed by atoms with Gasteiger partial charge < -0.3 is 0 Å². The Labute approximate surface area is 175 Å². The first kappa shape index (κ1) is 21.4. The number of hydrogen-bond donors (Lipinski definition) is 2. The highest BCUT2D eigenvalue weighted by Gasteiger charge is 2.19. The Hall–Kier alpha value is -1.86. The lowest BCUT2D eigenvalue weighted by Crippen LogP contribution is -2.29. The second-order valence-corrected chi connectivity index (χ2v) is 6.34. The SMILES string of the molecule is BrBr.Cn1c2c(c(=O)[nH]c1=O)CC(Br)=N2.Cn1c2c(c(=O)[nH]c1=O)CC=N2. The zero-order valence-corrected chi connectivity index (χ0v) is 18.8. The summed E-state index contributed by atoms with van der Waals surface area (Å²) in [6, 6.07) is 0. The summed E-state index contributed by atoms with van der Waals surface area (Å²) in [5.74, 6) is 0.921. The van der Waals surface area contributed by atoms with Crippen molar-refractivity contribution >= 4 is 66.7 Å². The molecule has 0 aromatic carbocycles. The Bertz CT molecular complexity index is 1170. The van der Waals surface area contributed by atoms with E-state index < -0.39 is 11.4 Å². The third-order valence-electron chi connectivity index (χ3n) is 3.83. The van der Waals surface area contributed by atoms with Gasteiger partial charge in [0, 0.05) is 61.4 Å². The van der Waals surface area contributed by atoms with Crippen LogP contribution in [0, 0.1) is 0 Å². The van der Waals surface area contributed by atoms with E-state index in [0.717, 1.165) is 0 Å². The molecule has 0 saturated carbocycles. The van der Waals surface area contributed by atoms with Crippen molar-refractivity contribution in [3.8, 4) is 0 Å². The number of rotatable bonds is 0. The lowest BCUT2D eigenvalue weighted by atomic mass is 10.2. The van der Waals surface area contributed by atoms with Crippen LogP contribution in [0.2, 0.25) is 0 Å². The van der Waals surface area contributed by atoms with Crippen LogP contribution in [-0.2, 0) is 26.9 Å². The normalized spacial score (nSPS) is 13.0. The molecule has 4 heterocycles. The van der Waals surface area contributed by atoms with Crippen molar-refractivity contribution in [2.45, 2.75) is 12.8 Å². The van der Waals surface area contributed by atoms with Crippen molar-refractivity contribution in [2.75, 3.05) is 0 Å². The Morgan fingerprint density at radius 3 is 2.04 bits per heavy atom. The van der Waals surface area contributed by atoms with Gasteiger partial charge in [-0.05, 0) is 15.9 Å². The molecular weight excluding hydrogens is 556 g/mol. The third-order valence-corrected chi connectivity index (χ3v) is 4.29. The van der Waals surface area contributed by atoms with Crippen molar-refractivity contribution in [2.24, 2.45) is 24.1 Å². The van der Waals surface area contributed by atoms with Gasteiger partial charge in [0.1, 0.15) is 11.6 Å². The average molecular weight is 569 g/mol. The quantitative estimate of drug-likeness (QED) is 0.492. The Balaban J connectivity index is 0.000000178. The first-order valence-electron chi connectivity index (χ1n) is 7.34. The summed E-state index contributed by atoms with van der Waals surface area (Å²) in [6.45, 7) is 0. The molecule has 0 fully saturated rings. The molecule has 0 atom stereocenters. The third kappa shape index (κ3) is 4.35. The minimum Gasteiger partial charge on any atom is -0.281 e. The zero-order valence-electron chi connectivity index (χ0n) is 14.0. The van der Waals surface area contributed by atoms with Crippen molar-refractivity contribution in [3.05, 3.63) is 52.8 Å². The van der Waals surface area contributed by atoms with Gasteiger partial charge in [0.25, 0.3) is 11.1 Å². The summed E-state index contributed by atoms with van der Waals surface area (Å²) in [7, 11) is 3.16. The Morgan fingerprint density at radius 2 is 1.44 bits per heavy atom. The van der Waals surface area contributed by atoms with Gasteiger partial charge >= 0.3 is 11.4 Å². The van der Waals surface area contributed by atoms with Gasteiger partial charge in [-0.2, -0.15) is 0 Å². The molecule has 0 saturated heterocycles. The molecule has 0 radical (unpaired) electrons. The predicted molar refractivity (Wildman–Crippen MR) is 114 cm³/mol. The highest BCUT2D eigenvalue weighted by atomic mass is 80.9. The monoisotopic (exact) mass is 566 g/mol. The Morgan fingerprint density at radius 1 is 0.926 bits per heavy atom. The van der Waals surface area contributed by atoms with Crippen LogP contribution >= 0.6 is 44.2 Å². The summed E-state index contributed by atoms with van der Waals surface area (Å²) in [5.41, 5.74) is -0.430. The van der Waals surface area contributed by atoms with E-state index in [9.17, 15) is 19.2 Å². The fourth-order valence-corrected chi connectivity index (χ4v) is 2.94. The van der Waals surface area contributed by atoms with Gasteiger partial charge in [-0.3, -0.25) is 28.7 Å². The number of nitrogens with zero attached hydrogens (tertiary/aromatic N) is 4. The number of halogens is 3. The predicted octanol–water partition coefficient (Wildman–Crippen LogP) is 1.08. The molecule has 0 unspecified atom stereocenters. The number of aromatic nitrogens is 4. The molecule has 13 heteroatoms. The van der Waals surface area contributed by atoms with E-state index >= 15 is 0 Å². The van der Waals surface area contributed by atoms with Gasteiger partial charge in [0.05, 0.1) is 15.7 Å². The lowest BCUT2D eigenvalue weighted by Gasteiger charge is -2.00. The van der Waals surface area contributed by atoms with Gasteiger partial charge in [-0.25, -0.2) is 19.6 Å². The molecule has 10 nitrogen and oxygen atoms in total. The number of aliphatic imine (C=N–C) groups is 2. The van der Waals surface area contributed by atoms with Gasteiger partial charge in [0.15, 0.2) is 0 Å². The van der Waals surface area contributed by atoms with Crippen molar-refractivity contribution < 1.29 is 0 Å². The van der Waals surface area contributed by atoms with Gasteiger partial charge in [-0.1, -0.05) is 0 Å². The smallest absolute Gasteiger partial charge is 0.281 e. The van der Waals surface area contributed by atoms with E-state index in [-0.39, 0.29) is 11.1 Å². The summed E-state index contributed by atoms with van der Waals surface area (Å²) < 4.78 is 3.33. The van der Waals surface area contributed by atoms with Crippen molar-refractivity contribution in [1.29, 1.82) is 0 Å². The van der Waals surface area contributed by atoms with E-state index in [1.165, 1.54) is 9.13 Å². The van der Waals surface area contributed by atoms with E-state index in [1.807, 2.05) is 0 Å². The standard InChI is InChI=1S/C7H6BrN3O2.C7H7N3O2.Br2/c1-11-5-3(2-4(8)9-5)6(12)10-7(11)13;1-10-5-4(2-3-8-5)6(11)9-7(10)12;1-2/h2H2,1H3,(H,10,12,13);3H,2H2,1H3,(H,9,11,12);. The summed E-state index contributed by atoms with van der Waals surface area (Å²) in [4.78, 5) is 57.0. The molecule has 2 aliphatic heterocycles. The van der Waals surface area contributed by atoms with Crippen LogP contribution in [0.15, 0.2) is 29.2 Å². The fraction of sp³-hybridized carbons (Fsp3) is 0.286. The maximum atomic E-state index is 11.3. The molecule has 2 aromatic rings. The lowest BCUT2D eigenvalue weighted by molar-refractivity contribution is 0.796.